The van der Waals surface area contributed by atoms with E-state index in [2.05, 4.69) is 15.0 Å². The Bertz CT molecular complexity index is 582. The second-order valence-corrected chi connectivity index (χ2v) is 3.55. The maximum absolute atomic E-state index is 11.0. The molecule has 0 saturated carbocycles. The number of nitrogen functional groups attached to an aromatic ring is 1. The van der Waals surface area contributed by atoms with Gasteiger partial charge < -0.3 is 11.5 Å². The number of amides is 1. The first-order valence-corrected chi connectivity index (χ1v) is 4.93. The number of hydrogen-bond acceptors (Lipinski definition) is 5. The van der Waals surface area contributed by atoms with Crippen LogP contribution in [0.15, 0.2) is 24.7 Å². The second kappa shape index (κ2) is 4.17. The summed E-state index contributed by atoms with van der Waals surface area (Å²) in [6.07, 6.45) is 4.65. The fraction of sp³-hybridized carbons (Fsp3) is 0.0909. The van der Waals surface area contributed by atoms with Crippen molar-refractivity contribution in [2.24, 2.45) is 5.73 Å². The highest BCUT2D eigenvalue weighted by Gasteiger charge is 2.11. The normalized spacial score (nSPS) is 10.2. The van der Waals surface area contributed by atoms with E-state index < -0.39 is 5.91 Å². The van der Waals surface area contributed by atoms with Gasteiger partial charge in [-0.2, -0.15) is 0 Å². The zero-order chi connectivity index (χ0) is 12.4. The number of carbonyl (C=O) groups is 1. The Hall–Kier alpha value is -2.50. The number of hydrogen-bond donors (Lipinski definition) is 2. The second-order valence-electron chi connectivity index (χ2n) is 3.55. The average Bonchev–Trinajstić information content (AvgIpc) is 2.29. The quantitative estimate of drug-likeness (QED) is 0.780. The summed E-state index contributed by atoms with van der Waals surface area (Å²) in [5, 5.41) is 0. The molecule has 86 valence electrons. The highest BCUT2D eigenvalue weighted by molar-refractivity contribution is 5.96. The van der Waals surface area contributed by atoms with Gasteiger partial charge in [-0.3, -0.25) is 9.78 Å². The van der Waals surface area contributed by atoms with Gasteiger partial charge in [-0.05, 0) is 18.6 Å². The highest BCUT2D eigenvalue weighted by Crippen LogP contribution is 2.19. The number of nitrogens with zero attached hydrogens (tertiary/aromatic N) is 3. The fourth-order valence-electron chi connectivity index (χ4n) is 1.41. The lowest BCUT2D eigenvalue weighted by Crippen LogP contribution is -2.15. The molecule has 2 rings (SSSR count). The molecule has 0 spiro atoms. The SMILES string of the molecule is Cc1ccncc1-c1ncc(C(N)=O)c(N)n1. The van der Waals surface area contributed by atoms with Crippen molar-refractivity contribution in [1.82, 2.24) is 15.0 Å². The molecule has 2 aromatic heterocycles. The molecule has 0 atom stereocenters. The van der Waals surface area contributed by atoms with E-state index in [4.69, 9.17) is 11.5 Å². The number of nitrogens with two attached hydrogens (primary N) is 2. The summed E-state index contributed by atoms with van der Waals surface area (Å²) in [6.45, 7) is 1.92. The Morgan fingerprint density at radius 3 is 2.71 bits per heavy atom. The van der Waals surface area contributed by atoms with E-state index in [-0.39, 0.29) is 11.4 Å². The summed E-state index contributed by atoms with van der Waals surface area (Å²) < 4.78 is 0. The van der Waals surface area contributed by atoms with Crippen molar-refractivity contribution < 1.29 is 4.79 Å². The van der Waals surface area contributed by atoms with Crippen LogP contribution in [0.2, 0.25) is 0 Å². The third kappa shape index (κ3) is 2.05. The molecule has 0 aliphatic heterocycles. The Morgan fingerprint density at radius 2 is 2.12 bits per heavy atom. The van der Waals surface area contributed by atoms with Crippen molar-refractivity contribution in [3.63, 3.8) is 0 Å². The maximum atomic E-state index is 11.0. The smallest absolute Gasteiger partial charge is 0.254 e. The zero-order valence-corrected chi connectivity index (χ0v) is 9.21. The van der Waals surface area contributed by atoms with E-state index in [1.807, 2.05) is 13.0 Å². The summed E-state index contributed by atoms with van der Waals surface area (Å²) in [7, 11) is 0. The molecular formula is C11H11N5O. The molecular weight excluding hydrogens is 218 g/mol. The lowest BCUT2D eigenvalue weighted by atomic mass is 10.1. The number of anilines is 1. The molecule has 0 saturated heterocycles. The van der Waals surface area contributed by atoms with Gasteiger partial charge in [0.1, 0.15) is 5.82 Å². The third-order valence-electron chi connectivity index (χ3n) is 2.36. The van der Waals surface area contributed by atoms with E-state index in [0.717, 1.165) is 11.1 Å². The van der Waals surface area contributed by atoms with Crippen molar-refractivity contribution in [3.8, 4) is 11.4 Å². The molecule has 17 heavy (non-hydrogen) atoms. The van der Waals surface area contributed by atoms with Gasteiger partial charge in [-0.15, -0.1) is 0 Å². The number of carbonyl (C=O) groups excluding carboxylic acids is 1. The molecule has 1 amide bonds. The van der Waals surface area contributed by atoms with Crippen molar-refractivity contribution in [2.75, 3.05) is 5.73 Å². The van der Waals surface area contributed by atoms with Gasteiger partial charge in [0, 0.05) is 24.2 Å². The van der Waals surface area contributed by atoms with Gasteiger partial charge >= 0.3 is 0 Å². The number of aromatic nitrogens is 3. The van der Waals surface area contributed by atoms with Crippen LogP contribution in [0.5, 0.6) is 0 Å². The van der Waals surface area contributed by atoms with Crippen LogP contribution in [0.3, 0.4) is 0 Å². The molecule has 6 heteroatoms. The van der Waals surface area contributed by atoms with Crippen LogP contribution >= 0.6 is 0 Å². The minimum Gasteiger partial charge on any atom is -0.383 e. The number of primary amides is 1. The summed E-state index contributed by atoms with van der Waals surface area (Å²) >= 11 is 0. The monoisotopic (exact) mass is 229 g/mol. The van der Waals surface area contributed by atoms with Crippen LogP contribution in [0.4, 0.5) is 5.82 Å². The summed E-state index contributed by atoms with van der Waals surface area (Å²) in [4.78, 5) is 23.1. The van der Waals surface area contributed by atoms with Crippen molar-refractivity contribution in [3.05, 3.63) is 35.8 Å². The van der Waals surface area contributed by atoms with Crippen LogP contribution in [0.1, 0.15) is 15.9 Å². The molecule has 0 unspecified atom stereocenters. The topological polar surface area (TPSA) is 108 Å². The maximum Gasteiger partial charge on any atom is 0.254 e. The van der Waals surface area contributed by atoms with Gasteiger partial charge in [-0.1, -0.05) is 0 Å². The third-order valence-corrected chi connectivity index (χ3v) is 2.36. The molecule has 2 heterocycles. The summed E-state index contributed by atoms with van der Waals surface area (Å²) in [6, 6.07) is 1.84. The predicted molar refractivity (Wildman–Crippen MR) is 62.9 cm³/mol. The van der Waals surface area contributed by atoms with Crippen LogP contribution in [-0.2, 0) is 0 Å². The highest BCUT2D eigenvalue weighted by atomic mass is 16.1. The molecule has 6 nitrogen and oxygen atoms in total. The standard InChI is InChI=1S/C11H11N5O/c1-6-2-3-14-4-7(6)11-15-5-8(10(13)17)9(12)16-11/h2-5H,1H3,(H2,13,17)(H2,12,15,16). The van der Waals surface area contributed by atoms with Gasteiger partial charge in [0.15, 0.2) is 5.82 Å². The van der Waals surface area contributed by atoms with E-state index in [1.165, 1.54) is 6.20 Å². The molecule has 4 N–H and O–H groups in total. The first-order valence-electron chi connectivity index (χ1n) is 4.93. The lowest BCUT2D eigenvalue weighted by Gasteiger charge is -2.05. The van der Waals surface area contributed by atoms with E-state index in [9.17, 15) is 4.79 Å². The van der Waals surface area contributed by atoms with Gasteiger partial charge in [-0.25, -0.2) is 9.97 Å². The van der Waals surface area contributed by atoms with Crippen LogP contribution in [0.25, 0.3) is 11.4 Å². The van der Waals surface area contributed by atoms with Crippen molar-refractivity contribution in [2.45, 2.75) is 6.92 Å². The Labute approximate surface area is 97.7 Å². The zero-order valence-electron chi connectivity index (χ0n) is 9.21. The lowest BCUT2D eigenvalue weighted by molar-refractivity contribution is 0.100. The summed E-state index contributed by atoms with van der Waals surface area (Å²) in [5.74, 6) is -0.138. The van der Waals surface area contributed by atoms with Gasteiger partial charge in [0.2, 0.25) is 0 Å². The van der Waals surface area contributed by atoms with Crippen LogP contribution in [-0.4, -0.2) is 20.9 Å². The van der Waals surface area contributed by atoms with Crippen LogP contribution < -0.4 is 11.5 Å². The van der Waals surface area contributed by atoms with E-state index in [0.29, 0.717) is 5.82 Å². The van der Waals surface area contributed by atoms with Crippen LogP contribution in [0, 0.1) is 6.92 Å². The largest absolute Gasteiger partial charge is 0.383 e. The van der Waals surface area contributed by atoms with E-state index >= 15 is 0 Å². The van der Waals surface area contributed by atoms with Gasteiger partial charge in [0.25, 0.3) is 5.91 Å². The molecule has 0 aromatic carbocycles. The van der Waals surface area contributed by atoms with Gasteiger partial charge in [0.05, 0.1) is 5.56 Å². The first kappa shape index (κ1) is 11.0. The minimum absolute atomic E-state index is 0.0748. The predicted octanol–water partition coefficient (Wildman–Crippen LogP) is 0.528. The first-order chi connectivity index (χ1) is 8.09. The molecule has 0 bridgehead atoms. The number of aryl methyl sites for hydroxylation is 1. The fourth-order valence-corrected chi connectivity index (χ4v) is 1.41. The van der Waals surface area contributed by atoms with Crippen molar-refractivity contribution >= 4 is 11.7 Å². The Kier molecular flexibility index (Phi) is 2.70. The molecule has 0 fully saturated rings. The van der Waals surface area contributed by atoms with E-state index in [1.54, 1.807) is 12.4 Å². The molecule has 0 aliphatic carbocycles. The minimum atomic E-state index is -0.642. The average molecular weight is 229 g/mol. The Balaban J connectivity index is 2.52. The van der Waals surface area contributed by atoms with Crippen molar-refractivity contribution in [1.29, 1.82) is 0 Å². The molecule has 2 aromatic rings. The molecule has 0 aliphatic rings. The molecule has 0 radical (unpaired) electrons. The number of pyridine rings is 1. The summed E-state index contributed by atoms with van der Waals surface area (Å²) in [5.41, 5.74) is 12.6. The Morgan fingerprint density at radius 1 is 1.35 bits per heavy atom. The number of rotatable bonds is 2.